The molecule has 2 aromatic heterocycles. The first-order valence-corrected chi connectivity index (χ1v) is 9.15. The van der Waals surface area contributed by atoms with E-state index in [2.05, 4.69) is 19.7 Å². The lowest BCUT2D eigenvalue weighted by Crippen LogP contribution is -1.99. The molecule has 9 nitrogen and oxygen atoms in total. The van der Waals surface area contributed by atoms with Gasteiger partial charge in [0, 0.05) is 12.1 Å². The van der Waals surface area contributed by atoms with Gasteiger partial charge in [-0.05, 0) is 42.0 Å². The molecule has 0 saturated heterocycles. The van der Waals surface area contributed by atoms with E-state index in [1.54, 1.807) is 44.7 Å². The maximum absolute atomic E-state index is 10.2. The highest BCUT2D eigenvalue weighted by Crippen LogP contribution is 2.12. The fraction of sp³-hybridized carbons (Fsp3) is 0.136. The van der Waals surface area contributed by atoms with Crippen LogP contribution in [0.1, 0.15) is 15.9 Å². The summed E-state index contributed by atoms with van der Waals surface area (Å²) in [6.07, 6.45) is 6.87. The molecule has 0 fully saturated rings. The smallest absolute Gasteiger partial charge is 0.294 e. The summed E-state index contributed by atoms with van der Waals surface area (Å²) in [6.45, 7) is 0.685. The van der Waals surface area contributed by atoms with Crippen molar-refractivity contribution in [3.8, 4) is 11.5 Å². The van der Waals surface area contributed by atoms with Crippen molar-refractivity contribution in [1.29, 1.82) is 0 Å². The molecule has 4 aromatic rings. The van der Waals surface area contributed by atoms with Gasteiger partial charge < -0.3 is 29.4 Å². The predicted octanol–water partition coefficient (Wildman–Crippen LogP) is 4.06. The molecule has 162 valence electrons. The Balaban J connectivity index is 0.000000183. The molecule has 0 radical (unpaired) electrons. The molecule has 0 unspecified atom stereocenters. The van der Waals surface area contributed by atoms with E-state index >= 15 is 0 Å². The molecule has 2 heterocycles. The highest BCUT2D eigenvalue weighted by molar-refractivity contribution is 5.74. The van der Waals surface area contributed by atoms with Crippen molar-refractivity contribution in [2.45, 2.75) is 6.54 Å². The number of ether oxygens (including phenoxy) is 2. The van der Waals surface area contributed by atoms with Crippen molar-refractivity contribution in [2.75, 3.05) is 25.3 Å². The van der Waals surface area contributed by atoms with Crippen LogP contribution in [-0.2, 0) is 6.54 Å². The predicted molar refractivity (Wildman–Crippen MR) is 116 cm³/mol. The lowest BCUT2D eigenvalue weighted by atomic mass is 10.2. The van der Waals surface area contributed by atoms with E-state index in [-0.39, 0.29) is 6.01 Å². The second kappa shape index (κ2) is 13.0. The zero-order valence-corrected chi connectivity index (χ0v) is 17.2. The number of rotatable bonds is 6. The Morgan fingerprint density at radius 2 is 1.48 bits per heavy atom. The number of aromatic nitrogens is 2. The number of nitrogens with zero attached hydrogens (tertiary/aromatic N) is 2. The molecule has 0 bridgehead atoms. The quantitative estimate of drug-likeness (QED) is 0.441. The molecule has 0 aliphatic heterocycles. The first-order valence-electron chi connectivity index (χ1n) is 9.15. The van der Waals surface area contributed by atoms with Crippen molar-refractivity contribution in [3.63, 3.8) is 0 Å². The molecule has 0 amide bonds. The van der Waals surface area contributed by atoms with E-state index in [4.69, 9.17) is 19.6 Å². The third kappa shape index (κ3) is 8.73. The SMILES string of the molecule is COc1ccc(C=O)cc1.COc1ccc(CNc2ncco2)cc1.Nc1ncco1. The van der Waals surface area contributed by atoms with Gasteiger partial charge in [0.25, 0.3) is 12.0 Å². The standard InChI is InChI=1S/C11H12N2O2.C8H8O2.C3H4N2O/c1-14-10-4-2-9(3-5-10)8-13-11-12-6-7-15-11;1-10-8-4-2-7(6-9)3-5-8;4-3-5-1-2-6-3/h2-7H,8H2,1H3,(H,12,13);2-6H,1H3;1-2H,(H2,4,5). The number of hydrogen-bond donors (Lipinski definition) is 2. The van der Waals surface area contributed by atoms with Gasteiger partial charge in [-0.25, -0.2) is 9.97 Å². The van der Waals surface area contributed by atoms with Crippen LogP contribution in [0.4, 0.5) is 12.0 Å². The zero-order chi connectivity index (χ0) is 22.3. The van der Waals surface area contributed by atoms with Crippen LogP contribution in [0, 0.1) is 0 Å². The summed E-state index contributed by atoms with van der Waals surface area (Å²) in [5.74, 6) is 1.63. The van der Waals surface area contributed by atoms with Gasteiger partial charge in [0.15, 0.2) is 0 Å². The van der Waals surface area contributed by atoms with Gasteiger partial charge in [-0.2, -0.15) is 0 Å². The van der Waals surface area contributed by atoms with Gasteiger partial charge >= 0.3 is 0 Å². The fourth-order valence-electron chi connectivity index (χ4n) is 2.15. The van der Waals surface area contributed by atoms with E-state index in [0.29, 0.717) is 18.1 Å². The van der Waals surface area contributed by atoms with E-state index in [0.717, 1.165) is 23.3 Å². The minimum absolute atomic E-state index is 0.218. The Morgan fingerprint density at radius 1 is 0.903 bits per heavy atom. The number of methoxy groups -OCH3 is 2. The first kappa shape index (κ1) is 23.0. The fourth-order valence-corrected chi connectivity index (χ4v) is 2.15. The highest BCUT2D eigenvalue weighted by Gasteiger charge is 1.97. The molecular weight excluding hydrogens is 400 g/mol. The Bertz CT molecular complexity index is 970. The number of benzene rings is 2. The molecule has 0 saturated carbocycles. The second-order valence-electron chi connectivity index (χ2n) is 5.80. The van der Waals surface area contributed by atoms with Crippen LogP contribution in [0.25, 0.3) is 0 Å². The molecular formula is C22H24N4O5. The number of anilines is 2. The zero-order valence-electron chi connectivity index (χ0n) is 17.2. The van der Waals surface area contributed by atoms with Gasteiger partial charge in [-0.15, -0.1) is 0 Å². The summed E-state index contributed by atoms with van der Waals surface area (Å²) in [5, 5.41) is 3.06. The van der Waals surface area contributed by atoms with Crippen molar-refractivity contribution in [3.05, 3.63) is 84.6 Å². The number of nitrogens with two attached hydrogens (primary N) is 1. The van der Waals surface area contributed by atoms with Crippen molar-refractivity contribution < 1.29 is 23.1 Å². The molecule has 31 heavy (non-hydrogen) atoms. The van der Waals surface area contributed by atoms with Gasteiger partial charge in [-0.3, -0.25) is 4.79 Å². The summed E-state index contributed by atoms with van der Waals surface area (Å²) in [6, 6.07) is 15.5. The summed E-state index contributed by atoms with van der Waals surface area (Å²) >= 11 is 0. The van der Waals surface area contributed by atoms with Crippen LogP contribution in [0.3, 0.4) is 0 Å². The minimum atomic E-state index is 0.218. The second-order valence-corrected chi connectivity index (χ2v) is 5.80. The van der Waals surface area contributed by atoms with Gasteiger partial charge in [-0.1, -0.05) is 12.1 Å². The molecule has 2 aromatic carbocycles. The highest BCUT2D eigenvalue weighted by atomic mass is 16.5. The summed E-state index contributed by atoms with van der Waals surface area (Å²) < 4.78 is 19.5. The lowest BCUT2D eigenvalue weighted by Gasteiger charge is -2.03. The van der Waals surface area contributed by atoms with Crippen LogP contribution in [0.5, 0.6) is 11.5 Å². The van der Waals surface area contributed by atoms with E-state index in [1.807, 2.05) is 24.3 Å². The van der Waals surface area contributed by atoms with Crippen LogP contribution < -0.4 is 20.5 Å². The normalized spacial score (nSPS) is 9.35. The third-order valence-corrected chi connectivity index (χ3v) is 3.74. The van der Waals surface area contributed by atoms with Crippen molar-refractivity contribution in [2.24, 2.45) is 0 Å². The lowest BCUT2D eigenvalue weighted by molar-refractivity contribution is 0.112. The topological polar surface area (TPSA) is 126 Å². The largest absolute Gasteiger partial charge is 0.497 e. The van der Waals surface area contributed by atoms with E-state index in [9.17, 15) is 4.79 Å². The Morgan fingerprint density at radius 3 is 1.90 bits per heavy atom. The molecule has 0 aliphatic carbocycles. The van der Waals surface area contributed by atoms with Crippen LogP contribution >= 0.6 is 0 Å². The Hall–Kier alpha value is -4.27. The molecule has 9 heteroatoms. The van der Waals surface area contributed by atoms with Gasteiger partial charge in [0.05, 0.1) is 26.6 Å². The van der Waals surface area contributed by atoms with Crippen LogP contribution in [-0.4, -0.2) is 30.5 Å². The molecule has 0 aliphatic rings. The summed E-state index contributed by atoms with van der Waals surface area (Å²) in [4.78, 5) is 17.7. The summed E-state index contributed by atoms with van der Waals surface area (Å²) in [7, 11) is 3.25. The number of carbonyl (C=O) groups is 1. The van der Waals surface area contributed by atoms with E-state index in [1.165, 1.54) is 18.7 Å². The number of nitrogens with one attached hydrogen (secondary N) is 1. The third-order valence-electron chi connectivity index (χ3n) is 3.74. The molecule has 3 N–H and O–H groups in total. The monoisotopic (exact) mass is 424 g/mol. The number of nitrogen functional groups attached to an aromatic ring is 1. The maximum Gasteiger partial charge on any atom is 0.294 e. The average molecular weight is 424 g/mol. The van der Waals surface area contributed by atoms with Gasteiger partial charge in [0.2, 0.25) is 0 Å². The van der Waals surface area contributed by atoms with Crippen molar-refractivity contribution in [1.82, 2.24) is 9.97 Å². The summed E-state index contributed by atoms with van der Waals surface area (Å²) in [5.41, 5.74) is 6.81. The minimum Gasteiger partial charge on any atom is -0.497 e. The number of oxazole rings is 2. The number of aldehydes is 1. The Labute approximate surface area is 179 Å². The number of hydrogen-bond acceptors (Lipinski definition) is 9. The molecule has 0 spiro atoms. The first-order chi connectivity index (χ1) is 15.1. The van der Waals surface area contributed by atoms with E-state index < -0.39 is 0 Å². The van der Waals surface area contributed by atoms with Gasteiger partial charge in [0.1, 0.15) is 30.3 Å². The Kier molecular flexibility index (Phi) is 9.68. The number of carbonyl (C=O) groups excluding carboxylic acids is 1. The molecule has 4 rings (SSSR count). The van der Waals surface area contributed by atoms with Crippen LogP contribution in [0.15, 0.2) is 82.3 Å². The van der Waals surface area contributed by atoms with Crippen molar-refractivity contribution >= 4 is 18.3 Å². The molecule has 0 atom stereocenters. The van der Waals surface area contributed by atoms with Crippen LogP contribution in [0.2, 0.25) is 0 Å². The average Bonchev–Trinajstić information content (AvgIpc) is 3.53. The maximum atomic E-state index is 10.2.